The Hall–Kier alpha value is -1.06. The van der Waals surface area contributed by atoms with Gasteiger partial charge in [0.1, 0.15) is 0 Å². The highest BCUT2D eigenvalue weighted by molar-refractivity contribution is 6.30. The Bertz CT molecular complexity index is 472. The van der Waals surface area contributed by atoms with Crippen LogP contribution in [0, 0.1) is 0 Å². The van der Waals surface area contributed by atoms with E-state index in [1.165, 1.54) is 19.3 Å². The third-order valence-corrected chi connectivity index (χ3v) is 4.55. The Balaban J connectivity index is 1.85. The molecule has 0 aromatic heterocycles. The van der Waals surface area contributed by atoms with Crippen molar-refractivity contribution in [2.75, 3.05) is 7.05 Å². The molecule has 1 N–H and O–H groups in total. The minimum Gasteiger partial charge on any atom is -0.352 e. The van der Waals surface area contributed by atoms with Crippen LogP contribution >= 0.6 is 11.6 Å². The summed E-state index contributed by atoms with van der Waals surface area (Å²) in [5.74, 6) is 0.131. The molecule has 1 atom stereocenters. The lowest BCUT2D eigenvalue weighted by atomic mass is 9.95. The smallest absolute Gasteiger partial charge is 0.237 e. The lowest BCUT2D eigenvalue weighted by molar-refractivity contribution is -0.126. The molecule has 116 valence electrons. The summed E-state index contributed by atoms with van der Waals surface area (Å²) in [7, 11) is 1.98. The topological polar surface area (TPSA) is 32.3 Å². The van der Waals surface area contributed by atoms with Gasteiger partial charge in [-0.25, -0.2) is 0 Å². The van der Waals surface area contributed by atoms with Crippen LogP contribution in [0.5, 0.6) is 0 Å². The molecule has 2 rings (SSSR count). The Morgan fingerprint density at radius 2 is 2.10 bits per heavy atom. The quantitative estimate of drug-likeness (QED) is 0.901. The largest absolute Gasteiger partial charge is 0.352 e. The minimum atomic E-state index is -0.133. The maximum Gasteiger partial charge on any atom is 0.237 e. The van der Waals surface area contributed by atoms with Crippen LogP contribution in [-0.2, 0) is 11.3 Å². The van der Waals surface area contributed by atoms with Gasteiger partial charge in [0.2, 0.25) is 5.91 Å². The Labute approximate surface area is 132 Å². The molecule has 0 heterocycles. The van der Waals surface area contributed by atoms with E-state index in [1.54, 1.807) is 0 Å². The molecule has 1 amide bonds. The zero-order chi connectivity index (χ0) is 15.2. The van der Waals surface area contributed by atoms with Gasteiger partial charge in [-0.2, -0.15) is 0 Å². The van der Waals surface area contributed by atoms with Crippen LogP contribution in [0.3, 0.4) is 0 Å². The van der Waals surface area contributed by atoms with Gasteiger partial charge >= 0.3 is 0 Å². The third kappa shape index (κ3) is 5.01. The Morgan fingerprint density at radius 3 is 2.76 bits per heavy atom. The van der Waals surface area contributed by atoms with E-state index in [4.69, 9.17) is 11.6 Å². The van der Waals surface area contributed by atoms with Gasteiger partial charge in [0.05, 0.1) is 6.04 Å². The number of nitrogens with zero attached hydrogens (tertiary/aromatic N) is 1. The second-order valence-electron chi connectivity index (χ2n) is 6.06. The number of nitrogens with one attached hydrogen (secondary N) is 1. The van der Waals surface area contributed by atoms with Crippen molar-refractivity contribution in [1.29, 1.82) is 0 Å². The van der Waals surface area contributed by atoms with Crippen molar-refractivity contribution in [3.05, 3.63) is 34.9 Å². The first-order valence-electron chi connectivity index (χ1n) is 7.81. The van der Waals surface area contributed by atoms with Crippen molar-refractivity contribution in [1.82, 2.24) is 10.2 Å². The van der Waals surface area contributed by atoms with Crippen LogP contribution in [0.4, 0.5) is 0 Å². The van der Waals surface area contributed by atoms with E-state index >= 15 is 0 Å². The lowest BCUT2D eigenvalue weighted by Crippen LogP contribution is -2.47. The van der Waals surface area contributed by atoms with Gasteiger partial charge in [0.25, 0.3) is 0 Å². The maximum absolute atomic E-state index is 12.3. The molecule has 0 bridgehead atoms. The number of halogens is 1. The zero-order valence-electron chi connectivity index (χ0n) is 12.9. The summed E-state index contributed by atoms with van der Waals surface area (Å²) in [6.07, 6.45) is 6.01. The first-order chi connectivity index (χ1) is 10.1. The molecule has 1 aromatic rings. The average Bonchev–Trinajstić information content (AvgIpc) is 2.47. The molecule has 0 spiro atoms. The number of benzene rings is 1. The number of carbonyl (C=O) groups excluding carboxylic acids is 1. The van der Waals surface area contributed by atoms with Crippen LogP contribution in [0.15, 0.2) is 24.3 Å². The van der Waals surface area contributed by atoms with E-state index in [0.29, 0.717) is 6.04 Å². The van der Waals surface area contributed by atoms with Gasteiger partial charge in [-0.3, -0.25) is 9.69 Å². The molecule has 21 heavy (non-hydrogen) atoms. The minimum absolute atomic E-state index is 0.131. The normalized spacial score (nSPS) is 17.7. The molecule has 1 aliphatic carbocycles. The average molecular weight is 309 g/mol. The van der Waals surface area contributed by atoms with Gasteiger partial charge < -0.3 is 5.32 Å². The molecule has 1 unspecified atom stereocenters. The number of hydrogen-bond donors (Lipinski definition) is 1. The van der Waals surface area contributed by atoms with E-state index in [-0.39, 0.29) is 11.9 Å². The standard InChI is InChI=1S/C17H25ClN2O/c1-13(17(21)19-16-9-4-3-5-10-16)20(2)12-14-7-6-8-15(18)11-14/h6-8,11,13,16H,3-5,9-10,12H2,1-2H3,(H,19,21). The predicted molar refractivity (Wildman–Crippen MR) is 87.4 cm³/mol. The van der Waals surface area contributed by atoms with E-state index < -0.39 is 0 Å². The lowest BCUT2D eigenvalue weighted by Gasteiger charge is -2.28. The summed E-state index contributed by atoms with van der Waals surface area (Å²) in [6, 6.07) is 8.03. The molecule has 0 aliphatic heterocycles. The van der Waals surface area contributed by atoms with E-state index in [1.807, 2.05) is 38.2 Å². The number of rotatable bonds is 5. The first-order valence-corrected chi connectivity index (χ1v) is 8.19. The third-order valence-electron chi connectivity index (χ3n) is 4.31. The number of hydrogen-bond acceptors (Lipinski definition) is 2. The van der Waals surface area contributed by atoms with Crippen LogP contribution < -0.4 is 5.32 Å². The molecule has 4 heteroatoms. The van der Waals surface area contributed by atoms with E-state index in [9.17, 15) is 4.79 Å². The highest BCUT2D eigenvalue weighted by Crippen LogP contribution is 2.18. The summed E-state index contributed by atoms with van der Waals surface area (Å²) in [4.78, 5) is 14.4. The molecular weight excluding hydrogens is 284 g/mol. The summed E-state index contributed by atoms with van der Waals surface area (Å²) in [5.41, 5.74) is 1.13. The van der Waals surface area contributed by atoms with Crippen LogP contribution in [0.25, 0.3) is 0 Å². The summed E-state index contributed by atoms with van der Waals surface area (Å²) in [5, 5.41) is 3.93. The SMILES string of the molecule is CC(C(=O)NC1CCCCC1)N(C)Cc1cccc(Cl)c1. The Kier molecular flexibility index (Phi) is 6.07. The van der Waals surface area contributed by atoms with Crippen molar-refractivity contribution in [2.45, 2.75) is 57.7 Å². The predicted octanol–water partition coefficient (Wildman–Crippen LogP) is 3.61. The van der Waals surface area contributed by atoms with Gasteiger partial charge in [0.15, 0.2) is 0 Å². The van der Waals surface area contributed by atoms with Gasteiger partial charge in [0, 0.05) is 17.6 Å². The fraction of sp³-hybridized carbons (Fsp3) is 0.588. The maximum atomic E-state index is 12.3. The van der Waals surface area contributed by atoms with Crippen molar-refractivity contribution in [3.8, 4) is 0 Å². The number of carbonyl (C=O) groups is 1. The molecule has 1 fully saturated rings. The van der Waals surface area contributed by atoms with Crippen molar-refractivity contribution in [2.24, 2.45) is 0 Å². The van der Waals surface area contributed by atoms with Gasteiger partial charge in [-0.1, -0.05) is 43.0 Å². The van der Waals surface area contributed by atoms with Crippen molar-refractivity contribution >= 4 is 17.5 Å². The fourth-order valence-corrected chi connectivity index (χ4v) is 3.04. The second-order valence-corrected chi connectivity index (χ2v) is 6.50. The van der Waals surface area contributed by atoms with Crippen LogP contribution in [0.1, 0.15) is 44.6 Å². The Morgan fingerprint density at radius 1 is 1.38 bits per heavy atom. The first kappa shape index (κ1) is 16.3. The van der Waals surface area contributed by atoms with Crippen molar-refractivity contribution < 1.29 is 4.79 Å². The van der Waals surface area contributed by atoms with E-state index in [0.717, 1.165) is 30.0 Å². The van der Waals surface area contributed by atoms with Gasteiger partial charge in [-0.05, 0) is 44.5 Å². The zero-order valence-corrected chi connectivity index (χ0v) is 13.7. The number of likely N-dealkylation sites (N-methyl/N-ethyl adjacent to an activating group) is 1. The molecule has 1 aromatic carbocycles. The molecule has 0 saturated heterocycles. The van der Waals surface area contributed by atoms with Crippen LogP contribution in [-0.4, -0.2) is 29.9 Å². The summed E-state index contributed by atoms with van der Waals surface area (Å²) >= 11 is 6.00. The molecule has 3 nitrogen and oxygen atoms in total. The van der Waals surface area contributed by atoms with Crippen molar-refractivity contribution in [3.63, 3.8) is 0 Å². The fourth-order valence-electron chi connectivity index (χ4n) is 2.83. The molecule has 1 saturated carbocycles. The molecular formula is C17H25ClN2O. The molecule has 1 aliphatic rings. The highest BCUT2D eigenvalue weighted by Gasteiger charge is 2.22. The summed E-state index contributed by atoms with van der Waals surface area (Å²) < 4.78 is 0. The molecule has 0 radical (unpaired) electrons. The van der Waals surface area contributed by atoms with Gasteiger partial charge in [-0.15, -0.1) is 0 Å². The summed E-state index contributed by atoms with van der Waals surface area (Å²) in [6.45, 7) is 2.68. The monoisotopic (exact) mass is 308 g/mol. The van der Waals surface area contributed by atoms with Crippen LogP contribution in [0.2, 0.25) is 5.02 Å². The highest BCUT2D eigenvalue weighted by atomic mass is 35.5. The number of amides is 1. The second kappa shape index (κ2) is 7.81. The van der Waals surface area contributed by atoms with E-state index in [2.05, 4.69) is 10.2 Å².